The molecule has 2 aromatic heterocycles. The van der Waals surface area contributed by atoms with Gasteiger partial charge in [0.1, 0.15) is 5.82 Å². The first-order valence-electron chi connectivity index (χ1n) is 10.4. The molecule has 1 aliphatic carbocycles. The average Bonchev–Trinajstić information content (AvgIpc) is 3.50. The first-order valence-corrected chi connectivity index (χ1v) is 10.4. The first-order chi connectivity index (χ1) is 14.1. The van der Waals surface area contributed by atoms with Gasteiger partial charge in [-0.3, -0.25) is 14.2 Å². The van der Waals surface area contributed by atoms with Gasteiger partial charge in [0.05, 0.1) is 23.1 Å². The number of rotatable bonds is 4. The van der Waals surface area contributed by atoms with E-state index in [1.165, 1.54) is 0 Å². The SMILES string of the molecule is Cc1nc2ccc(C(=O)N3CCC(Cn4cnc(C5CC5)cc4=O)CC3)cc2[nH]1. The Morgan fingerprint density at radius 1 is 1.17 bits per heavy atom. The van der Waals surface area contributed by atoms with Crippen LogP contribution >= 0.6 is 0 Å². The van der Waals surface area contributed by atoms with Crippen LogP contribution in [0.3, 0.4) is 0 Å². The van der Waals surface area contributed by atoms with Gasteiger partial charge in [-0.1, -0.05) is 0 Å². The zero-order valence-corrected chi connectivity index (χ0v) is 16.6. The van der Waals surface area contributed by atoms with Crippen LogP contribution in [0.15, 0.2) is 35.4 Å². The third-order valence-electron chi connectivity index (χ3n) is 6.10. The molecular weight excluding hydrogens is 366 g/mol. The van der Waals surface area contributed by atoms with Crippen LogP contribution in [-0.4, -0.2) is 43.4 Å². The van der Waals surface area contributed by atoms with E-state index in [9.17, 15) is 9.59 Å². The molecule has 3 aromatic rings. The summed E-state index contributed by atoms with van der Waals surface area (Å²) in [6.07, 6.45) is 5.79. The van der Waals surface area contributed by atoms with Crippen LogP contribution in [0.1, 0.15) is 53.5 Å². The minimum Gasteiger partial charge on any atom is -0.342 e. The van der Waals surface area contributed by atoms with Gasteiger partial charge in [0.15, 0.2) is 0 Å². The fraction of sp³-hybridized carbons (Fsp3) is 0.455. The molecule has 0 radical (unpaired) electrons. The van der Waals surface area contributed by atoms with Gasteiger partial charge in [-0.15, -0.1) is 0 Å². The third kappa shape index (κ3) is 3.69. The van der Waals surface area contributed by atoms with Crippen molar-refractivity contribution in [2.24, 2.45) is 5.92 Å². The zero-order chi connectivity index (χ0) is 20.0. The summed E-state index contributed by atoms with van der Waals surface area (Å²) in [7, 11) is 0. The summed E-state index contributed by atoms with van der Waals surface area (Å²) in [5.74, 6) is 1.80. The molecule has 1 aliphatic heterocycles. The minimum atomic E-state index is 0.0450. The van der Waals surface area contributed by atoms with Crippen molar-refractivity contribution in [1.82, 2.24) is 24.4 Å². The van der Waals surface area contributed by atoms with Gasteiger partial charge < -0.3 is 9.88 Å². The molecule has 1 amide bonds. The molecule has 1 N–H and O–H groups in total. The van der Waals surface area contributed by atoms with Crippen LogP contribution in [0, 0.1) is 12.8 Å². The predicted molar refractivity (Wildman–Crippen MR) is 110 cm³/mol. The Labute approximate surface area is 168 Å². The molecule has 1 saturated carbocycles. The van der Waals surface area contributed by atoms with Crippen molar-refractivity contribution in [3.8, 4) is 0 Å². The van der Waals surface area contributed by atoms with Gasteiger partial charge >= 0.3 is 0 Å². The molecule has 2 fully saturated rings. The number of aromatic amines is 1. The number of aromatic nitrogens is 4. The topological polar surface area (TPSA) is 83.9 Å². The molecule has 1 aromatic carbocycles. The number of hydrogen-bond donors (Lipinski definition) is 1. The third-order valence-corrected chi connectivity index (χ3v) is 6.10. The summed E-state index contributed by atoms with van der Waals surface area (Å²) in [4.78, 5) is 39.2. The van der Waals surface area contributed by atoms with Crippen molar-refractivity contribution in [2.45, 2.75) is 45.1 Å². The van der Waals surface area contributed by atoms with Crippen LogP contribution in [0.5, 0.6) is 0 Å². The van der Waals surface area contributed by atoms with E-state index >= 15 is 0 Å². The molecule has 5 rings (SSSR count). The number of fused-ring (bicyclic) bond motifs is 1. The summed E-state index contributed by atoms with van der Waals surface area (Å²) in [6, 6.07) is 7.33. The zero-order valence-electron chi connectivity index (χ0n) is 16.6. The number of amides is 1. The van der Waals surface area contributed by atoms with Crippen molar-refractivity contribution in [3.05, 3.63) is 58.0 Å². The van der Waals surface area contributed by atoms with E-state index < -0.39 is 0 Å². The molecule has 150 valence electrons. The van der Waals surface area contributed by atoms with Crippen molar-refractivity contribution in [2.75, 3.05) is 13.1 Å². The standard InChI is InChI=1S/C22H25N5O2/c1-14-24-18-5-4-17(10-20(18)25-14)22(29)26-8-6-15(7-9-26)12-27-13-23-19(11-21(27)28)16-2-3-16/h4-5,10-11,13,15-16H,2-3,6-9,12H2,1H3,(H,24,25). The number of piperidine rings is 1. The number of benzene rings is 1. The Hall–Kier alpha value is -2.96. The second-order valence-electron chi connectivity index (χ2n) is 8.37. The highest BCUT2D eigenvalue weighted by molar-refractivity contribution is 5.97. The lowest BCUT2D eigenvalue weighted by Crippen LogP contribution is -2.40. The van der Waals surface area contributed by atoms with E-state index in [0.29, 0.717) is 37.0 Å². The summed E-state index contributed by atoms with van der Waals surface area (Å²) in [5, 5.41) is 0. The van der Waals surface area contributed by atoms with E-state index in [-0.39, 0.29) is 11.5 Å². The lowest BCUT2D eigenvalue weighted by molar-refractivity contribution is 0.0682. The van der Waals surface area contributed by atoms with Crippen molar-refractivity contribution < 1.29 is 4.79 Å². The van der Waals surface area contributed by atoms with Crippen LogP contribution < -0.4 is 5.56 Å². The van der Waals surface area contributed by atoms with Crippen molar-refractivity contribution in [1.29, 1.82) is 0 Å². The van der Waals surface area contributed by atoms with Crippen LogP contribution in [0.4, 0.5) is 0 Å². The van der Waals surface area contributed by atoms with Gasteiger partial charge in [0, 0.05) is 37.2 Å². The maximum absolute atomic E-state index is 12.9. The van der Waals surface area contributed by atoms with Crippen LogP contribution in [-0.2, 0) is 6.54 Å². The number of H-pyrrole nitrogens is 1. The van der Waals surface area contributed by atoms with E-state index in [1.54, 1.807) is 17.0 Å². The maximum atomic E-state index is 12.9. The molecule has 0 atom stereocenters. The number of nitrogens with zero attached hydrogens (tertiary/aromatic N) is 4. The number of likely N-dealkylation sites (tertiary alicyclic amines) is 1. The molecule has 1 saturated heterocycles. The highest BCUT2D eigenvalue weighted by atomic mass is 16.2. The predicted octanol–water partition coefficient (Wildman–Crippen LogP) is 2.86. The highest BCUT2D eigenvalue weighted by Crippen LogP contribution is 2.38. The number of nitrogens with one attached hydrogen (secondary N) is 1. The van der Waals surface area contributed by atoms with Gasteiger partial charge in [-0.25, -0.2) is 9.97 Å². The molecule has 0 bridgehead atoms. The fourth-order valence-electron chi connectivity index (χ4n) is 4.23. The fourth-order valence-corrected chi connectivity index (χ4v) is 4.23. The second-order valence-corrected chi connectivity index (χ2v) is 8.37. The monoisotopic (exact) mass is 391 g/mol. The number of aryl methyl sites for hydroxylation is 1. The number of hydrogen-bond acceptors (Lipinski definition) is 4. The largest absolute Gasteiger partial charge is 0.342 e. The van der Waals surface area contributed by atoms with E-state index in [2.05, 4.69) is 15.0 Å². The Kier molecular flexibility index (Phi) is 4.45. The number of imidazole rings is 1. The van der Waals surface area contributed by atoms with Gasteiger partial charge in [-0.2, -0.15) is 0 Å². The summed E-state index contributed by atoms with van der Waals surface area (Å²) in [5.41, 5.74) is 3.45. The van der Waals surface area contributed by atoms with E-state index in [0.717, 1.165) is 48.2 Å². The number of carbonyl (C=O) groups is 1. The van der Waals surface area contributed by atoms with E-state index in [4.69, 9.17) is 0 Å². The second kappa shape index (κ2) is 7.13. The number of carbonyl (C=O) groups excluding carboxylic acids is 1. The minimum absolute atomic E-state index is 0.0450. The lowest BCUT2D eigenvalue weighted by atomic mass is 9.96. The van der Waals surface area contributed by atoms with Gasteiger partial charge in [-0.05, 0) is 56.7 Å². The average molecular weight is 391 g/mol. The molecule has 0 unspecified atom stereocenters. The molecule has 0 spiro atoms. The quantitative estimate of drug-likeness (QED) is 0.741. The Bertz CT molecular complexity index is 1120. The van der Waals surface area contributed by atoms with Crippen molar-refractivity contribution in [3.63, 3.8) is 0 Å². The molecular formula is C22H25N5O2. The summed E-state index contributed by atoms with van der Waals surface area (Å²) in [6.45, 7) is 4.02. The Morgan fingerprint density at radius 2 is 1.97 bits per heavy atom. The molecule has 7 nitrogen and oxygen atoms in total. The Morgan fingerprint density at radius 3 is 2.69 bits per heavy atom. The molecule has 7 heteroatoms. The van der Waals surface area contributed by atoms with Gasteiger partial charge in [0.2, 0.25) is 0 Å². The normalized spacial score (nSPS) is 17.8. The highest BCUT2D eigenvalue weighted by Gasteiger charge is 2.27. The smallest absolute Gasteiger partial charge is 0.253 e. The van der Waals surface area contributed by atoms with E-state index in [1.807, 2.05) is 30.0 Å². The first kappa shape index (κ1) is 18.1. The van der Waals surface area contributed by atoms with Crippen LogP contribution in [0.2, 0.25) is 0 Å². The van der Waals surface area contributed by atoms with Crippen molar-refractivity contribution >= 4 is 16.9 Å². The maximum Gasteiger partial charge on any atom is 0.253 e. The Balaban J connectivity index is 1.21. The summed E-state index contributed by atoms with van der Waals surface area (Å²) < 4.78 is 1.72. The van der Waals surface area contributed by atoms with Gasteiger partial charge in [0.25, 0.3) is 11.5 Å². The molecule has 3 heterocycles. The lowest BCUT2D eigenvalue weighted by Gasteiger charge is -2.32. The molecule has 29 heavy (non-hydrogen) atoms. The van der Waals surface area contributed by atoms with Crippen LogP contribution in [0.25, 0.3) is 11.0 Å². The summed E-state index contributed by atoms with van der Waals surface area (Å²) >= 11 is 0. The molecule has 2 aliphatic rings.